The van der Waals surface area contributed by atoms with Crippen LogP contribution in [0.15, 0.2) is 36.0 Å². The molecule has 0 amide bonds. The monoisotopic (exact) mass is 308 g/mol. The average Bonchev–Trinajstić information content (AvgIpc) is 2.97. The molecule has 2 aromatic heterocycles. The maximum Gasteiger partial charge on any atom is 0.193 e. The molecule has 0 unspecified atom stereocenters. The van der Waals surface area contributed by atoms with Crippen LogP contribution in [0.25, 0.3) is 4.96 Å². The number of ether oxygens (including phenoxy) is 1. The van der Waals surface area contributed by atoms with Crippen LogP contribution in [0.4, 0.5) is 0 Å². The molecule has 0 saturated carbocycles. The van der Waals surface area contributed by atoms with Crippen LogP contribution >= 0.6 is 22.9 Å². The van der Waals surface area contributed by atoms with Crippen molar-refractivity contribution in [3.05, 3.63) is 52.3 Å². The lowest BCUT2D eigenvalue weighted by Crippen LogP contribution is -1.97. The average molecular weight is 309 g/mol. The first-order chi connectivity index (χ1) is 9.63. The second-order valence-corrected chi connectivity index (χ2v) is 5.76. The van der Waals surface area contributed by atoms with E-state index in [0.717, 1.165) is 16.2 Å². The zero-order valence-corrected chi connectivity index (χ0v) is 12.4. The van der Waals surface area contributed by atoms with Gasteiger partial charge in [-0.15, -0.1) is 11.3 Å². The van der Waals surface area contributed by atoms with Crippen LogP contribution in [0.1, 0.15) is 24.3 Å². The third-order valence-corrected chi connectivity index (χ3v) is 4.02. The van der Waals surface area contributed by atoms with Gasteiger partial charge in [-0.25, -0.2) is 4.98 Å². The highest BCUT2D eigenvalue weighted by atomic mass is 35.5. The molecule has 4 nitrogen and oxygen atoms in total. The number of fused-ring (bicyclic) bond motifs is 1. The van der Waals surface area contributed by atoms with Gasteiger partial charge in [0, 0.05) is 17.8 Å². The van der Waals surface area contributed by atoms with Gasteiger partial charge in [-0.1, -0.05) is 17.7 Å². The standard InChI is InChI=1S/C14H13ClN2O2S/c1-9(18)10-2-3-13(12(15)6-10)19-8-11-7-17-4-5-20-14(17)16-11/h2-7,9,18H,8H2,1H3/t9-/m1/s1. The third kappa shape index (κ3) is 2.65. The Morgan fingerprint density at radius 2 is 2.35 bits per heavy atom. The lowest BCUT2D eigenvalue weighted by atomic mass is 10.1. The quantitative estimate of drug-likeness (QED) is 0.799. The van der Waals surface area contributed by atoms with Crippen LogP contribution < -0.4 is 4.74 Å². The predicted octanol–water partition coefficient (Wildman–Crippen LogP) is 3.68. The van der Waals surface area contributed by atoms with E-state index in [1.807, 2.05) is 22.2 Å². The number of hydrogen-bond donors (Lipinski definition) is 1. The Morgan fingerprint density at radius 3 is 3.05 bits per heavy atom. The fourth-order valence-electron chi connectivity index (χ4n) is 1.89. The van der Waals surface area contributed by atoms with E-state index in [1.54, 1.807) is 36.5 Å². The summed E-state index contributed by atoms with van der Waals surface area (Å²) in [6.45, 7) is 2.06. The number of nitrogens with zero attached hydrogens (tertiary/aromatic N) is 2. The molecule has 0 aliphatic carbocycles. The SMILES string of the molecule is C[C@@H](O)c1ccc(OCc2cn3ccsc3n2)c(Cl)c1. The molecular weight excluding hydrogens is 296 g/mol. The Bertz CT molecular complexity index is 707. The molecule has 1 N–H and O–H groups in total. The Balaban J connectivity index is 1.73. The van der Waals surface area contributed by atoms with Gasteiger partial charge in [-0.05, 0) is 24.6 Å². The number of rotatable bonds is 4. The van der Waals surface area contributed by atoms with Crippen LogP contribution in [0.3, 0.4) is 0 Å². The van der Waals surface area contributed by atoms with E-state index < -0.39 is 6.10 Å². The minimum Gasteiger partial charge on any atom is -0.486 e. The number of hydrogen-bond acceptors (Lipinski definition) is 4. The summed E-state index contributed by atoms with van der Waals surface area (Å²) >= 11 is 7.72. The second-order valence-electron chi connectivity index (χ2n) is 4.48. The number of imidazole rings is 1. The zero-order chi connectivity index (χ0) is 14.1. The van der Waals surface area contributed by atoms with E-state index in [1.165, 1.54) is 0 Å². The predicted molar refractivity (Wildman–Crippen MR) is 79.5 cm³/mol. The van der Waals surface area contributed by atoms with Crippen molar-refractivity contribution in [2.75, 3.05) is 0 Å². The van der Waals surface area contributed by atoms with Crippen molar-refractivity contribution in [2.24, 2.45) is 0 Å². The first kappa shape index (κ1) is 13.4. The molecule has 0 radical (unpaired) electrons. The van der Waals surface area contributed by atoms with Crippen molar-refractivity contribution < 1.29 is 9.84 Å². The van der Waals surface area contributed by atoms with E-state index in [0.29, 0.717) is 17.4 Å². The fourth-order valence-corrected chi connectivity index (χ4v) is 2.85. The second kappa shape index (κ2) is 5.44. The summed E-state index contributed by atoms with van der Waals surface area (Å²) in [4.78, 5) is 5.38. The lowest BCUT2D eigenvalue weighted by molar-refractivity contribution is 0.199. The van der Waals surface area contributed by atoms with Gasteiger partial charge in [0.25, 0.3) is 0 Å². The summed E-state index contributed by atoms with van der Waals surface area (Å²) in [6, 6.07) is 5.29. The lowest BCUT2D eigenvalue weighted by Gasteiger charge is -2.09. The highest BCUT2D eigenvalue weighted by molar-refractivity contribution is 7.15. The van der Waals surface area contributed by atoms with Gasteiger partial charge in [0.2, 0.25) is 0 Å². The molecule has 0 bridgehead atoms. The van der Waals surface area contributed by atoms with Crippen molar-refractivity contribution in [1.29, 1.82) is 0 Å². The Hall–Kier alpha value is -1.56. The summed E-state index contributed by atoms with van der Waals surface area (Å²) in [7, 11) is 0. The van der Waals surface area contributed by atoms with Gasteiger partial charge in [-0.3, -0.25) is 4.40 Å². The summed E-state index contributed by atoms with van der Waals surface area (Å²) in [5.41, 5.74) is 1.62. The first-order valence-electron chi connectivity index (χ1n) is 6.15. The molecule has 0 aliphatic heterocycles. The number of benzene rings is 1. The largest absolute Gasteiger partial charge is 0.486 e. The summed E-state index contributed by atoms with van der Waals surface area (Å²) < 4.78 is 7.63. The number of aromatic nitrogens is 2. The highest BCUT2D eigenvalue weighted by Crippen LogP contribution is 2.28. The van der Waals surface area contributed by atoms with E-state index in [4.69, 9.17) is 16.3 Å². The summed E-state index contributed by atoms with van der Waals surface area (Å²) in [5, 5.41) is 12.0. The summed E-state index contributed by atoms with van der Waals surface area (Å²) in [5.74, 6) is 0.590. The van der Waals surface area contributed by atoms with Crippen molar-refractivity contribution in [1.82, 2.24) is 9.38 Å². The van der Waals surface area contributed by atoms with E-state index >= 15 is 0 Å². The molecule has 2 heterocycles. The number of halogens is 1. The molecule has 104 valence electrons. The Morgan fingerprint density at radius 1 is 1.50 bits per heavy atom. The molecule has 1 aromatic carbocycles. The Labute approximate surface area is 125 Å². The topological polar surface area (TPSA) is 46.8 Å². The van der Waals surface area contributed by atoms with Crippen molar-refractivity contribution in [3.8, 4) is 5.75 Å². The molecule has 1 atom stereocenters. The van der Waals surface area contributed by atoms with Crippen LogP contribution in [0.2, 0.25) is 5.02 Å². The Kier molecular flexibility index (Phi) is 3.65. The zero-order valence-electron chi connectivity index (χ0n) is 10.8. The molecule has 0 aliphatic rings. The molecule has 20 heavy (non-hydrogen) atoms. The molecular formula is C14H13ClN2O2S. The van der Waals surface area contributed by atoms with E-state index in [2.05, 4.69) is 4.98 Å². The maximum atomic E-state index is 9.49. The number of aliphatic hydroxyl groups excluding tert-OH is 1. The van der Waals surface area contributed by atoms with Crippen LogP contribution in [-0.4, -0.2) is 14.5 Å². The molecule has 0 fully saturated rings. The maximum absolute atomic E-state index is 9.49. The van der Waals surface area contributed by atoms with Crippen LogP contribution in [0.5, 0.6) is 5.75 Å². The van der Waals surface area contributed by atoms with Crippen LogP contribution in [-0.2, 0) is 6.61 Å². The van der Waals surface area contributed by atoms with Crippen LogP contribution in [0, 0.1) is 0 Å². The normalized spacial score (nSPS) is 12.8. The van der Waals surface area contributed by atoms with Crippen molar-refractivity contribution in [2.45, 2.75) is 19.6 Å². The third-order valence-electron chi connectivity index (χ3n) is 2.96. The minimum absolute atomic E-state index is 0.363. The van der Waals surface area contributed by atoms with Gasteiger partial charge in [-0.2, -0.15) is 0 Å². The molecule has 3 aromatic rings. The van der Waals surface area contributed by atoms with Gasteiger partial charge in [0.1, 0.15) is 12.4 Å². The first-order valence-corrected chi connectivity index (χ1v) is 7.40. The van der Waals surface area contributed by atoms with E-state index in [-0.39, 0.29) is 0 Å². The van der Waals surface area contributed by atoms with Gasteiger partial charge in [0.05, 0.1) is 16.8 Å². The number of aliphatic hydroxyl groups is 1. The highest BCUT2D eigenvalue weighted by Gasteiger charge is 2.08. The van der Waals surface area contributed by atoms with E-state index in [9.17, 15) is 5.11 Å². The molecule has 0 saturated heterocycles. The molecule has 6 heteroatoms. The summed E-state index contributed by atoms with van der Waals surface area (Å²) in [6.07, 6.45) is 3.35. The smallest absolute Gasteiger partial charge is 0.193 e. The molecule has 3 rings (SSSR count). The van der Waals surface area contributed by atoms with Crippen molar-refractivity contribution >= 4 is 27.9 Å². The number of thiazole rings is 1. The van der Waals surface area contributed by atoms with Crippen molar-refractivity contribution in [3.63, 3.8) is 0 Å². The fraction of sp³-hybridized carbons (Fsp3) is 0.214. The van der Waals surface area contributed by atoms with Gasteiger partial charge < -0.3 is 9.84 Å². The minimum atomic E-state index is -0.540. The van der Waals surface area contributed by atoms with Gasteiger partial charge in [0.15, 0.2) is 4.96 Å². The van der Waals surface area contributed by atoms with Gasteiger partial charge >= 0.3 is 0 Å². The molecule has 0 spiro atoms.